The molecule has 2 N–H and O–H groups in total. The topological polar surface area (TPSA) is 90.0 Å². The fourth-order valence-electron chi connectivity index (χ4n) is 4.04. The number of aryl methyl sites for hydroxylation is 1. The van der Waals surface area contributed by atoms with Crippen LogP contribution >= 0.6 is 0 Å². The Hall–Kier alpha value is -2.91. The molecule has 218 valence electrons. The summed E-state index contributed by atoms with van der Waals surface area (Å²) in [7, 11) is -2.34. The van der Waals surface area contributed by atoms with Gasteiger partial charge in [0.1, 0.15) is 5.82 Å². The summed E-state index contributed by atoms with van der Waals surface area (Å²) < 4.78 is 119. The fourth-order valence-corrected chi connectivity index (χ4v) is 4.04. The van der Waals surface area contributed by atoms with Crippen molar-refractivity contribution in [3.8, 4) is 0 Å². The molecule has 1 fully saturated rings. The van der Waals surface area contributed by atoms with Crippen LogP contribution in [0.1, 0.15) is 46.8 Å². The minimum absolute atomic E-state index is 0.0572. The number of carbonyl (C=O) groups excluding carboxylic acids is 1. The van der Waals surface area contributed by atoms with Gasteiger partial charge in [-0.25, -0.2) is 9.18 Å². The molecule has 3 rings (SSSR count). The molecule has 39 heavy (non-hydrogen) atoms. The monoisotopic (exact) mass is 587 g/mol. The van der Waals surface area contributed by atoms with Crippen LogP contribution in [0, 0.1) is 12.7 Å². The summed E-state index contributed by atoms with van der Waals surface area (Å²) in [5, 5.41) is 3.15. The Morgan fingerprint density at radius 2 is 1.59 bits per heavy atom. The smallest absolute Gasteiger partial charge is 0.321 e. The molecule has 1 heterocycles. The normalized spacial score (nSPS) is 17.2. The highest BCUT2D eigenvalue weighted by molar-refractivity contribution is 7.85. The third-order valence-corrected chi connectivity index (χ3v) is 6.06. The van der Waals surface area contributed by atoms with Gasteiger partial charge < -0.3 is 15.1 Å². The van der Waals surface area contributed by atoms with Crippen molar-refractivity contribution in [2.45, 2.75) is 38.3 Å². The number of nitrogens with one attached hydrogen (secondary N) is 1. The summed E-state index contributed by atoms with van der Waals surface area (Å²) in [5.74, 6) is -0.432. The van der Waals surface area contributed by atoms with Crippen molar-refractivity contribution in [2.24, 2.45) is 0 Å². The van der Waals surface area contributed by atoms with E-state index in [0.717, 1.165) is 4.90 Å². The van der Waals surface area contributed by atoms with Crippen LogP contribution in [0.3, 0.4) is 0 Å². The molecule has 15 heteroatoms. The van der Waals surface area contributed by atoms with E-state index in [4.69, 9.17) is 4.55 Å². The molecule has 1 aliphatic heterocycles. The van der Waals surface area contributed by atoms with Gasteiger partial charge in [-0.2, -0.15) is 34.8 Å². The van der Waals surface area contributed by atoms with E-state index in [1.165, 1.54) is 31.0 Å². The Bertz CT molecular complexity index is 1240. The Morgan fingerprint density at radius 3 is 2.05 bits per heavy atom. The standard InChI is InChI=1S/C23H24F7N3O.CH4O3S/c1-13-8-18(24)4-5-19(13)20-12-31-6-7-33(20)21(34)32(3)14(2)15-9-16(22(25,26)27)11-17(10-15)23(28,29)30;1-5(2,3)4/h4-5,8-11,14,20,31H,6-7,12H2,1-3H3;1H3,(H,2,3,4)/t14-,20+;/m0./s1. The molecule has 7 nitrogen and oxygen atoms in total. The van der Waals surface area contributed by atoms with Gasteiger partial charge in [0.05, 0.1) is 29.5 Å². The molecule has 0 aromatic heterocycles. The zero-order valence-electron chi connectivity index (χ0n) is 21.4. The average molecular weight is 588 g/mol. The van der Waals surface area contributed by atoms with E-state index in [0.29, 0.717) is 42.6 Å². The number of urea groups is 1. The second-order valence-electron chi connectivity index (χ2n) is 9.06. The lowest BCUT2D eigenvalue weighted by Crippen LogP contribution is -2.52. The Morgan fingerprint density at radius 1 is 1.08 bits per heavy atom. The van der Waals surface area contributed by atoms with Gasteiger partial charge in [-0.1, -0.05) is 6.07 Å². The van der Waals surface area contributed by atoms with Crippen LogP contribution in [-0.2, 0) is 22.5 Å². The van der Waals surface area contributed by atoms with Crippen LogP contribution in [0.2, 0.25) is 0 Å². The van der Waals surface area contributed by atoms with Gasteiger partial charge >= 0.3 is 18.4 Å². The molecule has 0 saturated carbocycles. The Balaban J connectivity index is 0.000000976. The van der Waals surface area contributed by atoms with Crippen LogP contribution < -0.4 is 5.32 Å². The maximum atomic E-state index is 13.6. The van der Waals surface area contributed by atoms with Gasteiger partial charge in [-0.3, -0.25) is 4.55 Å². The first kappa shape index (κ1) is 32.3. The van der Waals surface area contributed by atoms with E-state index in [-0.39, 0.29) is 18.2 Å². The summed E-state index contributed by atoms with van der Waals surface area (Å²) in [6.45, 7) is 4.14. The summed E-state index contributed by atoms with van der Waals surface area (Å²) in [6.07, 6.45) is -9.25. The van der Waals surface area contributed by atoms with E-state index < -0.39 is 57.5 Å². The molecule has 0 radical (unpaired) electrons. The zero-order chi connectivity index (χ0) is 29.9. The van der Waals surface area contributed by atoms with E-state index in [2.05, 4.69) is 5.32 Å². The average Bonchev–Trinajstić information content (AvgIpc) is 2.80. The van der Waals surface area contributed by atoms with Crippen LogP contribution in [0.4, 0.5) is 35.5 Å². The van der Waals surface area contributed by atoms with E-state index >= 15 is 0 Å². The Labute approximate surface area is 221 Å². The van der Waals surface area contributed by atoms with Gasteiger partial charge in [-0.05, 0) is 60.9 Å². The van der Waals surface area contributed by atoms with Crippen molar-refractivity contribution in [3.05, 3.63) is 70.0 Å². The lowest BCUT2D eigenvalue weighted by atomic mass is 9.98. The summed E-state index contributed by atoms with van der Waals surface area (Å²) in [5.41, 5.74) is -1.85. The molecule has 0 bridgehead atoms. The molecule has 1 saturated heterocycles. The highest BCUT2D eigenvalue weighted by Crippen LogP contribution is 2.38. The highest BCUT2D eigenvalue weighted by Gasteiger charge is 2.38. The Kier molecular flexibility index (Phi) is 10.0. The molecule has 0 unspecified atom stereocenters. The second kappa shape index (κ2) is 12.1. The van der Waals surface area contributed by atoms with E-state index in [1.807, 2.05) is 0 Å². The molecular formula is C24H28F7N3O4S. The third-order valence-electron chi connectivity index (χ3n) is 6.06. The molecule has 2 aromatic rings. The lowest BCUT2D eigenvalue weighted by molar-refractivity contribution is -0.143. The lowest BCUT2D eigenvalue weighted by Gasteiger charge is -2.40. The zero-order valence-corrected chi connectivity index (χ0v) is 22.2. The number of nitrogens with zero attached hydrogens (tertiary/aromatic N) is 2. The van der Waals surface area contributed by atoms with Gasteiger partial charge in [0.15, 0.2) is 0 Å². The fraction of sp³-hybridized carbons (Fsp3) is 0.458. The second-order valence-corrected chi connectivity index (χ2v) is 10.5. The van der Waals surface area contributed by atoms with Crippen molar-refractivity contribution >= 4 is 16.1 Å². The van der Waals surface area contributed by atoms with Crippen LogP contribution in [-0.4, -0.2) is 61.7 Å². The molecule has 2 atom stereocenters. The van der Waals surface area contributed by atoms with Crippen LogP contribution in [0.25, 0.3) is 0 Å². The summed E-state index contributed by atoms with van der Waals surface area (Å²) in [4.78, 5) is 16.0. The number of benzene rings is 2. The van der Waals surface area contributed by atoms with Gasteiger partial charge in [-0.15, -0.1) is 0 Å². The first-order valence-corrected chi connectivity index (χ1v) is 13.3. The number of hydrogen-bond donors (Lipinski definition) is 2. The number of hydrogen-bond acceptors (Lipinski definition) is 4. The summed E-state index contributed by atoms with van der Waals surface area (Å²) >= 11 is 0. The van der Waals surface area contributed by atoms with E-state index in [9.17, 15) is 43.9 Å². The van der Waals surface area contributed by atoms with Gasteiger partial charge in [0, 0.05) is 26.7 Å². The predicted octanol–water partition coefficient (Wildman–Crippen LogP) is 5.44. The molecule has 0 spiro atoms. The molecule has 2 amide bonds. The first-order chi connectivity index (χ1) is 17.7. The molecular weight excluding hydrogens is 559 g/mol. The van der Waals surface area contributed by atoms with Crippen molar-refractivity contribution in [2.75, 3.05) is 32.9 Å². The molecule has 1 aliphatic rings. The largest absolute Gasteiger partial charge is 0.416 e. The SMILES string of the molecule is CS(=O)(=O)O.Cc1cc(F)ccc1[C@H]1CNCCN1C(=O)N(C)[C@@H](C)c1cc(C(F)(F)F)cc(C(F)(F)F)c1. The maximum Gasteiger partial charge on any atom is 0.416 e. The number of halogens is 7. The van der Waals surface area contributed by atoms with E-state index in [1.54, 1.807) is 13.0 Å². The minimum atomic E-state index is -4.98. The van der Waals surface area contributed by atoms with Crippen molar-refractivity contribution in [1.82, 2.24) is 15.1 Å². The van der Waals surface area contributed by atoms with Crippen molar-refractivity contribution < 1.29 is 48.5 Å². The number of alkyl halides is 6. The maximum absolute atomic E-state index is 13.6. The number of rotatable bonds is 3. The predicted molar refractivity (Wildman–Crippen MR) is 129 cm³/mol. The first-order valence-electron chi connectivity index (χ1n) is 11.4. The number of piperazine rings is 1. The number of carbonyl (C=O) groups is 1. The van der Waals surface area contributed by atoms with Gasteiger partial charge in [0.25, 0.3) is 10.1 Å². The summed E-state index contributed by atoms with van der Waals surface area (Å²) in [6, 6.07) is 3.36. The third kappa shape index (κ3) is 9.07. The van der Waals surface area contributed by atoms with Crippen molar-refractivity contribution in [3.63, 3.8) is 0 Å². The molecule has 0 aliphatic carbocycles. The highest BCUT2D eigenvalue weighted by atomic mass is 32.2. The van der Waals surface area contributed by atoms with Crippen molar-refractivity contribution in [1.29, 1.82) is 0 Å². The quantitative estimate of drug-likeness (QED) is 0.369. The minimum Gasteiger partial charge on any atom is -0.321 e. The number of amides is 2. The van der Waals surface area contributed by atoms with Gasteiger partial charge in [0.2, 0.25) is 0 Å². The molecule has 2 aromatic carbocycles. The van der Waals surface area contributed by atoms with Crippen LogP contribution in [0.5, 0.6) is 0 Å². The van der Waals surface area contributed by atoms with Crippen LogP contribution in [0.15, 0.2) is 36.4 Å².